The maximum atomic E-state index is 12.6. The standard InChI is InChI=1S/C15H15BrF3NS/c1-2-20-12(13-7-8-14(16)21-13)9-10-3-5-11(6-4-10)15(17,18)19/h3-8,12,20H,2,9H2,1H3. The molecule has 1 heterocycles. The molecule has 0 aliphatic heterocycles. The van der Waals surface area contributed by atoms with Crippen LogP contribution in [0.3, 0.4) is 0 Å². The molecule has 21 heavy (non-hydrogen) atoms. The fraction of sp³-hybridized carbons (Fsp3) is 0.333. The Morgan fingerprint density at radius 2 is 1.81 bits per heavy atom. The molecule has 1 atom stereocenters. The Morgan fingerprint density at radius 1 is 1.14 bits per heavy atom. The Balaban J connectivity index is 2.14. The van der Waals surface area contributed by atoms with Gasteiger partial charge >= 0.3 is 6.18 Å². The second kappa shape index (κ2) is 6.94. The number of likely N-dealkylation sites (N-methyl/N-ethyl adjacent to an activating group) is 1. The van der Waals surface area contributed by atoms with Crippen LogP contribution in [0.15, 0.2) is 40.2 Å². The second-order valence-electron chi connectivity index (χ2n) is 4.65. The average Bonchev–Trinajstić information content (AvgIpc) is 2.84. The lowest BCUT2D eigenvalue weighted by molar-refractivity contribution is -0.137. The van der Waals surface area contributed by atoms with Crippen LogP contribution in [-0.2, 0) is 12.6 Å². The Bertz CT molecular complexity index is 577. The van der Waals surface area contributed by atoms with E-state index in [0.29, 0.717) is 6.42 Å². The van der Waals surface area contributed by atoms with Crippen LogP contribution in [0.2, 0.25) is 0 Å². The van der Waals surface area contributed by atoms with Crippen molar-refractivity contribution < 1.29 is 13.2 Å². The van der Waals surface area contributed by atoms with E-state index in [1.807, 2.05) is 19.1 Å². The lowest BCUT2D eigenvalue weighted by atomic mass is 10.0. The van der Waals surface area contributed by atoms with Crippen molar-refractivity contribution in [1.82, 2.24) is 5.32 Å². The molecule has 2 aromatic rings. The molecule has 0 radical (unpaired) electrons. The van der Waals surface area contributed by atoms with Gasteiger partial charge in [-0.15, -0.1) is 11.3 Å². The van der Waals surface area contributed by atoms with Gasteiger partial charge in [-0.25, -0.2) is 0 Å². The van der Waals surface area contributed by atoms with E-state index < -0.39 is 11.7 Å². The molecule has 1 unspecified atom stereocenters. The summed E-state index contributed by atoms with van der Waals surface area (Å²) in [4.78, 5) is 1.17. The molecule has 0 aliphatic rings. The number of benzene rings is 1. The number of alkyl halides is 3. The van der Waals surface area contributed by atoms with Crippen LogP contribution in [0, 0.1) is 0 Å². The SMILES string of the molecule is CCNC(Cc1ccc(C(F)(F)F)cc1)c1ccc(Br)s1. The van der Waals surface area contributed by atoms with Gasteiger partial charge in [0.1, 0.15) is 0 Å². The summed E-state index contributed by atoms with van der Waals surface area (Å²) in [5, 5.41) is 3.37. The highest BCUT2D eigenvalue weighted by atomic mass is 79.9. The number of halogens is 4. The lowest BCUT2D eigenvalue weighted by Gasteiger charge is -2.17. The third-order valence-corrected chi connectivity index (χ3v) is 4.85. The van der Waals surface area contributed by atoms with E-state index in [-0.39, 0.29) is 6.04 Å². The van der Waals surface area contributed by atoms with Crippen LogP contribution < -0.4 is 5.32 Å². The minimum Gasteiger partial charge on any atom is -0.309 e. The fourth-order valence-electron chi connectivity index (χ4n) is 2.10. The van der Waals surface area contributed by atoms with Gasteiger partial charge in [0.05, 0.1) is 9.35 Å². The fourth-order valence-corrected chi connectivity index (χ4v) is 3.60. The summed E-state index contributed by atoms with van der Waals surface area (Å²) in [6, 6.07) is 9.52. The normalized spacial score (nSPS) is 13.4. The number of hydrogen-bond donors (Lipinski definition) is 1. The smallest absolute Gasteiger partial charge is 0.309 e. The molecule has 0 saturated heterocycles. The summed E-state index contributed by atoms with van der Waals surface area (Å²) in [5.41, 5.74) is 0.281. The number of rotatable bonds is 5. The second-order valence-corrected chi connectivity index (χ2v) is 7.15. The van der Waals surface area contributed by atoms with Gasteiger partial charge in [-0.1, -0.05) is 19.1 Å². The third kappa shape index (κ3) is 4.56. The maximum Gasteiger partial charge on any atom is 0.416 e. The van der Waals surface area contributed by atoms with Gasteiger partial charge < -0.3 is 5.32 Å². The van der Waals surface area contributed by atoms with E-state index in [0.717, 1.165) is 28.0 Å². The zero-order valence-electron chi connectivity index (χ0n) is 11.4. The van der Waals surface area contributed by atoms with Gasteiger partial charge in [0.2, 0.25) is 0 Å². The Hall–Kier alpha value is -0.850. The largest absolute Gasteiger partial charge is 0.416 e. The van der Waals surface area contributed by atoms with E-state index in [9.17, 15) is 13.2 Å². The number of hydrogen-bond acceptors (Lipinski definition) is 2. The third-order valence-electron chi connectivity index (χ3n) is 3.11. The summed E-state index contributed by atoms with van der Waals surface area (Å²) < 4.78 is 38.7. The van der Waals surface area contributed by atoms with Gasteiger partial charge in [0.25, 0.3) is 0 Å². The Kier molecular flexibility index (Phi) is 5.46. The van der Waals surface area contributed by atoms with E-state index in [4.69, 9.17) is 0 Å². The molecule has 1 N–H and O–H groups in total. The van der Waals surface area contributed by atoms with Crippen molar-refractivity contribution in [3.05, 3.63) is 56.2 Å². The van der Waals surface area contributed by atoms with Crippen molar-refractivity contribution in [2.75, 3.05) is 6.54 Å². The zero-order valence-corrected chi connectivity index (χ0v) is 13.8. The van der Waals surface area contributed by atoms with Crippen molar-refractivity contribution in [2.45, 2.75) is 25.6 Å². The first-order valence-corrected chi connectivity index (χ1v) is 8.16. The first-order valence-electron chi connectivity index (χ1n) is 6.55. The minimum atomic E-state index is -4.28. The molecule has 0 bridgehead atoms. The number of thiophene rings is 1. The molecule has 0 fully saturated rings. The van der Waals surface area contributed by atoms with Crippen molar-refractivity contribution in [3.8, 4) is 0 Å². The molecule has 1 aromatic carbocycles. The van der Waals surface area contributed by atoms with Crippen LogP contribution in [0.5, 0.6) is 0 Å². The highest BCUT2D eigenvalue weighted by Gasteiger charge is 2.30. The summed E-state index contributed by atoms with van der Waals surface area (Å²) in [7, 11) is 0. The van der Waals surface area contributed by atoms with Gasteiger partial charge in [-0.05, 0) is 58.7 Å². The van der Waals surface area contributed by atoms with Gasteiger partial charge in [-0.3, -0.25) is 0 Å². The summed E-state index contributed by atoms with van der Waals surface area (Å²) in [5.74, 6) is 0. The van der Waals surface area contributed by atoms with E-state index in [1.54, 1.807) is 23.5 Å². The van der Waals surface area contributed by atoms with Gasteiger partial charge in [0.15, 0.2) is 0 Å². The quantitative estimate of drug-likeness (QED) is 0.732. The molecule has 1 aromatic heterocycles. The van der Waals surface area contributed by atoms with Gasteiger partial charge in [0, 0.05) is 10.9 Å². The minimum absolute atomic E-state index is 0.114. The Morgan fingerprint density at radius 3 is 2.29 bits per heavy atom. The van der Waals surface area contributed by atoms with Crippen LogP contribution in [0.4, 0.5) is 13.2 Å². The molecular weight excluding hydrogens is 363 g/mol. The molecule has 0 spiro atoms. The zero-order chi connectivity index (χ0) is 15.5. The number of nitrogens with one attached hydrogen (secondary N) is 1. The molecule has 0 aliphatic carbocycles. The van der Waals surface area contributed by atoms with Crippen LogP contribution >= 0.6 is 27.3 Å². The van der Waals surface area contributed by atoms with Crippen LogP contribution in [0.1, 0.15) is 29.0 Å². The summed E-state index contributed by atoms with van der Waals surface area (Å²) in [6.07, 6.45) is -3.61. The predicted molar refractivity (Wildman–Crippen MR) is 83.6 cm³/mol. The van der Waals surface area contributed by atoms with Crippen LogP contribution in [0.25, 0.3) is 0 Å². The van der Waals surface area contributed by atoms with Crippen molar-refractivity contribution in [1.29, 1.82) is 0 Å². The summed E-state index contributed by atoms with van der Waals surface area (Å²) in [6.45, 7) is 2.82. The molecule has 0 amide bonds. The van der Waals surface area contributed by atoms with Crippen LogP contribution in [-0.4, -0.2) is 6.54 Å². The monoisotopic (exact) mass is 377 g/mol. The highest BCUT2D eigenvalue weighted by Crippen LogP contribution is 2.31. The molecular formula is C15H15BrF3NS. The highest BCUT2D eigenvalue weighted by molar-refractivity contribution is 9.11. The van der Waals surface area contributed by atoms with Crippen molar-refractivity contribution >= 4 is 27.3 Å². The molecule has 0 saturated carbocycles. The average molecular weight is 378 g/mol. The van der Waals surface area contributed by atoms with E-state index in [1.165, 1.54) is 4.88 Å². The lowest BCUT2D eigenvalue weighted by Crippen LogP contribution is -2.22. The first-order chi connectivity index (χ1) is 9.90. The van der Waals surface area contributed by atoms with Gasteiger partial charge in [-0.2, -0.15) is 13.2 Å². The van der Waals surface area contributed by atoms with E-state index in [2.05, 4.69) is 21.2 Å². The van der Waals surface area contributed by atoms with Crippen molar-refractivity contribution in [2.24, 2.45) is 0 Å². The maximum absolute atomic E-state index is 12.6. The van der Waals surface area contributed by atoms with Crippen molar-refractivity contribution in [3.63, 3.8) is 0 Å². The molecule has 1 nitrogen and oxygen atoms in total. The predicted octanol–water partition coefficient (Wildman–Crippen LogP) is 5.42. The molecule has 114 valence electrons. The summed E-state index contributed by atoms with van der Waals surface area (Å²) >= 11 is 5.07. The topological polar surface area (TPSA) is 12.0 Å². The molecule has 6 heteroatoms. The van der Waals surface area contributed by atoms with E-state index >= 15 is 0 Å². The Labute approximate surface area is 134 Å². The molecule has 2 rings (SSSR count). The first kappa shape index (κ1) is 16.5.